The van der Waals surface area contributed by atoms with Crippen LogP contribution in [0.5, 0.6) is 0 Å². The molecule has 7 nitrogen and oxygen atoms in total. The molecule has 24 heavy (non-hydrogen) atoms. The first kappa shape index (κ1) is 15.9. The first-order valence-corrected chi connectivity index (χ1v) is 7.73. The number of nitrogens with zero attached hydrogens (tertiary/aromatic N) is 3. The van der Waals surface area contributed by atoms with Gasteiger partial charge in [-0.3, -0.25) is 9.59 Å². The lowest BCUT2D eigenvalue weighted by molar-refractivity contribution is -0.138. The van der Waals surface area contributed by atoms with E-state index < -0.39 is 5.97 Å². The van der Waals surface area contributed by atoms with Gasteiger partial charge in [0.2, 0.25) is 5.91 Å². The van der Waals surface area contributed by atoms with Crippen molar-refractivity contribution in [2.75, 3.05) is 13.1 Å². The van der Waals surface area contributed by atoms with Crippen molar-refractivity contribution in [3.05, 3.63) is 53.9 Å². The van der Waals surface area contributed by atoms with Gasteiger partial charge >= 0.3 is 5.97 Å². The number of carbonyl (C=O) groups excluding carboxylic acids is 1. The summed E-state index contributed by atoms with van der Waals surface area (Å²) in [5.74, 6) is -1.28. The molecular weight excluding hydrogens is 308 g/mol. The minimum Gasteiger partial charge on any atom is -0.481 e. The number of benzene rings is 1. The Hall–Kier alpha value is -2.96. The van der Waals surface area contributed by atoms with Crippen molar-refractivity contribution in [2.45, 2.75) is 12.3 Å². The Morgan fingerprint density at radius 2 is 2.08 bits per heavy atom. The smallest absolute Gasteiger partial charge is 0.303 e. The minimum absolute atomic E-state index is 0.00368. The van der Waals surface area contributed by atoms with Crippen molar-refractivity contribution < 1.29 is 14.7 Å². The Kier molecular flexibility index (Phi) is 4.69. The van der Waals surface area contributed by atoms with Crippen molar-refractivity contribution in [2.24, 2.45) is 5.92 Å². The number of aromatic nitrogens is 3. The Labute approximate surface area is 139 Å². The van der Waals surface area contributed by atoms with Gasteiger partial charge in [0, 0.05) is 25.1 Å². The van der Waals surface area contributed by atoms with Crippen molar-refractivity contribution in [1.29, 1.82) is 0 Å². The molecule has 2 aromatic rings. The van der Waals surface area contributed by atoms with Crippen LogP contribution in [0.25, 0.3) is 6.08 Å². The summed E-state index contributed by atoms with van der Waals surface area (Å²) in [6.07, 6.45) is 4.88. The number of H-pyrrole nitrogens is 1. The van der Waals surface area contributed by atoms with E-state index in [1.807, 2.05) is 30.3 Å². The average Bonchev–Trinajstić information content (AvgIpc) is 3.22. The van der Waals surface area contributed by atoms with Gasteiger partial charge in [0.25, 0.3) is 0 Å². The fourth-order valence-electron chi connectivity index (χ4n) is 3.04. The Morgan fingerprint density at radius 3 is 2.75 bits per heavy atom. The minimum atomic E-state index is -0.873. The first-order valence-electron chi connectivity index (χ1n) is 7.73. The highest BCUT2D eigenvalue weighted by atomic mass is 16.4. The molecule has 2 heterocycles. The molecular formula is C17H18N4O3. The second-order valence-electron chi connectivity index (χ2n) is 5.85. The molecule has 1 saturated heterocycles. The number of carbonyl (C=O) groups is 2. The lowest BCUT2D eigenvalue weighted by atomic mass is 9.91. The number of rotatable bonds is 5. The van der Waals surface area contributed by atoms with Gasteiger partial charge in [-0.25, -0.2) is 0 Å². The molecule has 0 aliphatic carbocycles. The van der Waals surface area contributed by atoms with Crippen LogP contribution >= 0.6 is 0 Å². The number of carboxylic acids is 1. The largest absolute Gasteiger partial charge is 0.481 e. The zero-order valence-electron chi connectivity index (χ0n) is 13.0. The van der Waals surface area contributed by atoms with E-state index in [-0.39, 0.29) is 24.2 Å². The Morgan fingerprint density at radius 1 is 1.29 bits per heavy atom. The van der Waals surface area contributed by atoms with Crippen LogP contribution in [0.2, 0.25) is 0 Å². The second-order valence-corrected chi connectivity index (χ2v) is 5.85. The van der Waals surface area contributed by atoms with Gasteiger partial charge in [-0.2, -0.15) is 15.4 Å². The van der Waals surface area contributed by atoms with E-state index in [2.05, 4.69) is 15.4 Å². The van der Waals surface area contributed by atoms with Gasteiger partial charge in [-0.15, -0.1) is 0 Å². The standard InChI is InChI=1S/C17H18N4O3/c22-16(7-6-12-4-2-1-3-5-12)21-10-13(8-17(23)24)14(11-21)15-9-18-20-19-15/h1-7,9,13-14H,8,10-11H2,(H,23,24)(H,18,19,20)/b7-6+/t13-,14+/m0/s1. The maximum atomic E-state index is 12.4. The molecule has 1 amide bonds. The number of aromatic amines is 1. The van der Waals surface area contributed by atoms with E-state index in [1.54, 1.807) is 17.2 Å². The number of amides is 1. The van der Waals surface area contributed by atoms with E-state index in [4.69, 9.17) is 5.11 Å². The van der Waals surface area contributed by atoms with E-state index in [0.717, 1.165) is 5.56 Å². The van der Waals surface area contributed by atoms with Crippen molar-refractivity contribution in [3.63, 3.8) is 0 Å². The van der Waals surface area contributed by atoms with Gasteiger partial charge in [-0.1, -0.05) is 30.3 Å². The zero-order chi connectivity index (χ0) is 16.9. The first-order chi connectivity index (χ1) is 11.6. The van der Waals surface area contributed by atoms with Crippen LogP contribution in [0.4, 0.5) is 0 Å². The molecule has 0 spiro atoms. The molecule has 0 bridgehead atoms. The van der Waals surface area contributed by atoms with Crippen LogP contribution in [-0.4, -0.2) is 50.4 Å². The van der Waals surface area contributed by atoms with Gasteiger partial charge in [0.15, 0.2) is 0 Å². The molecule has 0 saturated carbocycles. The molecule has 1 aliphatic heterocycles. The van der Waals surface area contributed by atoms with Crippen LogP contribution < -0.4 is 0 Å². The molecule has 0 radical (unpaired) electrons. The van der Waals surface area contributed by atoms with E-state index >= 15 is 0 Å². The fraction of sp³-hybridized carbons (Fsp3) is 0.294. The molecule has 1 aromatic heterocycles. The molecule has 0 unspecified atom stereocenters. The van der Waals surface area contributed by atoms with Crippen LogP contribution in [0.15, 0.2) is 42.6 Å². The maximum absolute atomic E-state index is 12.4. The van der Waals surface area contributed by atoms with Crippen LogP contribution in [-0.2, 0) is 9.59 Å². The molecule has 124 valence electrons. The highest BCUT2D eigenvalue weighted by Gasteiger charge is 2.38. The SMILES string of the molecule is O=C(O)C[C@H]1CN(C(=O)/C=C/c2ccccc2)C[C@H]1c1cn[nH]n1. The Balaban J connectivity index is 1.71. The van der Waals surface area contributed by atoms with Crippen LogP contribution in [0.1, 0.15) is 23.6 Å². The lowest BCUT2D eigenvalue weighted by Crippen LogP contribution is -2.27. The van der Waals surface area contributed by atoms with Crippen LogP contribution in [0.3, 0.4) is 0 Å². The number of likely N-dealkylation sites (tertiary alicyclic amines) is 1. The number of hydrogen-bond donors (Lipinski definition) is 2. The molecule has 1 aromatic carbocycles. The third kappa shape index (κ3) is 3.68. The normalized spacial score (nSPS) is 20.6. The van der Waals surface area contributed by atoms with E-state index in [9.17, 15) is 9.59 Å². The molecule has 2 N–H and O–H groups in total. The monoisotopic (exact) mass is 326 g/mol. The quantitative estimate of drug-likeness (QED) is 0.812. The highest BCUT2D eigenvalue weighted by molar-refractivity contribution is 5.92. The number of aliphatic carboxylic acids is 1. The van der Waals surface area contributed by atoms with Gasteiger partial charge < -0.3 is 10.0 Å². The summed E-state index contributed by atoms with van der Waals surface area (Å²) >= 11 is 0. The summed E-state index contributed by atoms with van der Waals surface area (Å²) < 4.78 is 0. The predicted octanol–water partition coefficient (Wildman–Crippen LogP) is 1.53. The third-order valence-electron chi connectivity index (χ3n) is 4.22. The van der Waals surface area contributed by atoms with E-state index in [1.165, 1.54) is 6.08 Å². The molecule has 1 aliphatic rings. The summed E-state index contributed by atoms with van der Waals surface area (Å²) in [5.41, 5.74) is 1.64. The van der Waals surface area contributed by atoms with Crippen LogP contribution in [0, 0.1) is 5.92 Å². The van der Waals surface area contributed by atoms with Gasteiger partial charge in [0.05, 0.1) is 18.3 Å². The fourth-order valence-corrected chi connectivity index (χ4v) is 3.04. The van der Waals surface area contributed by atoms with E-state index in [0.29, 0.717) is 18.8 Å². The summed E-state index contributed by atoms with van der Waals surface area (Å²) in [7, 11) is 0. The Bertz CT molecular complexity index is 728. The summed E-state index contributed by atoms with van der Waals surface area (Å²) in [6.45, 7) is 0.851. The van der Waals surface area contributed by atoms with Crippen molar-refractivity contribution in [1.82, 2.24) is 20.3 Å². The summed E-state index contributed by atoms with van der Waals surface area (Å²) in [6, 6.07) is 9.56. The van der Waals surface area contributed by atoms with Crippen molar-refractivity contribution >= 4 is 18.0 Å². The number of carboxylic acid groups (broad SMARTS) is 1. The summed E-state index contributed by atoms with van der Waals surface area (Å²) in [4.78, 5) is 25.2. The summed E-state index contributed by atoms with van der Waals surface area (Å²) in [5, 5.41) is 19.5. The molecule has 3 rings (SSSR count). The van der Waals surface area contributed by atoms with Crippen molar-refractivity contribution in [3.8, 4) is 0 Å². The maximum Gasteiger partial charge on any atom is 0.303 e. The highest BCUT2D eigenvalue weighted by Crippen LogP contribution is 2.33. The van der Waals surface area contributed by atoms with Gasteiger partial charge in [-0.05, 0) is 17.6 Å². The lowest BCUT2D eigenvalue weighted by Gasteiger charge is -2.13. The number of nitrogens with one attached hydrogen (secondary N) is 1. The average molecular weight is 326 g/mol. The topological polar surface area (TPSA) is 99.2 Å². The molecule has 1 fully saturated rings. The third-order valence-corrected chi connectivity index (χ3v) is 4.22. The zero-order valence-corrected chi connectivity index (χ0v) is 13.0. The van der Waals surface area contributed by atoms with Gasteiger partial charge in [0.1, 0.15) is 0 Å². The number of hydrogen-bond acceptors (Lipinski definition) is 4. The second kappa shape index (κ2) is 7.08. The molecule has 2 atom stereocenters. The molecule has 7 heteroatoms. The predicted molar refractivity (Wildman–Crippen MR) is 86.9 cm³/mol.